The van der Waals surface area contributed by atoms with Crippen molar-refractivity contribution in [1.82, 2.24) is 24.5 Å². The van der Waals surface area contributed by atoms with Crippen molar-refractivity contribution in [2.45, 2.75) is 33.4 Å². The third-order valence-corrected chi connectivity index (χ3v) is 6.22. The van der Waals surface area contributed by atoms with E-state index >= 15 is 0 Å². The van der Waals surface area contributed by atoms with E-state index in [0.29, 0.717) is 40.2 Å². The van der Waals surface area contributed by atoms with Gasteiger partial charge in [0.05, 0.1) is 27.9 Å². The van der Waals surface area contributed by atoms with E-state index in [1.165, 1.54) is 42.5 Å². The first-order chi connectivity index (χ1) is 19.1. The Balaban J connectivity index is 1.65. The highest BCUT2D eigenvalue weighted by atomic mass is 19.3. The second-order valence-corrected chi connectivity index (χ2v) is 8.91. The number of rotatable bonds is 8. The van der Waals surface area contributed by atoms with Crippen LogP contribution in [0.2, 0.25) is 0 Å². The standard InChI is InChI=1S/C28H23F3N6O3/c1-3-37-21-9-6-16(27(38)39)11-19(21)34-22(37)13-40-26-23(17-10-14(2)33-20(12-17)25(30)31)24(35-28(32)36-26)15-4-7-18(29)8-5-15/h4-12,25H,3,13H2,1-2H3,(H,38,39)(H2,32,35,36). The van der Waals surface area contributed by atoms with Crippen molar-refractivity contribution < 1.29 is 27.8 Å². The van der Waals surface area contributed by atoms with Gasteiger partial charge in [0.15, 0.2) is 0 Å². The lowest BCUT2D eigenvalue weighted by Crippen LogP contribution is -2.09. The number of aromatic nitrogens is 5. The molecule has 9 nitrogen and oxygen atoms in total. The Hall–Kier alpha value is -5.00. The Labute approximate surface area is 226 Å². The lowest BCUT2D eigenvalue weighted by molar-refractivity contribution is 0.0697. The van der Waals surface area contributed by atoms with Crippen molar-refractivity contribution in [3.8, 4) is 28.3 Å². The molecule has 204 valence electrons. The number of alkyl halides is 2. The van der Waals surface area contributed by atoms with E-state index in [2.05, 4.69) is 19.9 Å². The average molecular weight is 549 g/mol. The van der Waals surface area contributed by atoms with Crippen molar-refractivity contribution >= 4 is 23.0 Å². The highest BCUT2D eigenvalue weighted by molar-refractivity contribution is 5.92. The predicted octanol–water partition coefficient (Wildman–Crippen LogP) is 5.82. The molecule has 5 aromatic rings. The lowest BCUT2D eigenvalue weighted by atomic mass is 9.99. The molecule has 0 atom stereocenters. The summed E-state index contributed by atoms with van der Waals surface area (Å²) in [6.45, 7) is 3.90. The van der Waals surface area contributed by atoms with Crippen LogP contribution in [0, 0.1) is 12.7 Å². The first kappa shape index (κ1) is 26.6. The summed E-state index contributed by atoms with van der Waals surface area (Å²) in [4.78, 5) is 28.5. The Morgan fingerprint density at radius 2 is 1.77 bits per heavy atom. The molecule has 0 aliphatic carbocycles. The fraction of sp³-hybridized carbons (Fsp3) is 0.179. The molecular formula is C28H23F3N6O3. The number of hydrogen-bond acceptors (Lipinski definition) is 7. The van der Waals surface area contributed by atoms with Gasteiger partial charge in [0.25, 0.3) is 6.43 Å². The average Bonchev–Trinajstić information content (AvgIpc) is 3.28. The molecule has 0 aliphatic rings. The number of carbonyl (C=O) groups is 1. The molecule has 0 radical (unpaired) electrons. The zero-order chi connectivity index (χ0) is 28.6. The summed E-state index contributed by atoms with van der Waals surface area (Å²) in [6.07, 6.45) is -2.83. The number of aromatic carboxylic acids is 1. The number of pyridine rings is 1. The maximum absolute atomic E-state index is 13.7. The minimum atomic E-state index is -2.83. The van der Waals surface area contributed by atoms with Gasteiger partial charge in [-0.05, 0) is 74.0 Å². The molecule has 0 fully saturated rings. The highest BCUT2D eigenvalue weighted by Crippen LogP contribution is 2.39. The van der Waals surface area contributed by atoms with Crippen molar-refractivity contribution in [2.24, 2.45) is 0 Å². The van der Waals surface area contributed by atoms with Crippen LogP contribution in [-0.4, -0.2) is 35.6 Å². The zero-order valence-electron chi connectivity index (χ0n) is 21.4. The van der Waals surface area contributed by atoms with Crippen LogP contribution in [0.3, 0.4) is 0 Å². The monoisotopic (exact) mass is 548 g/mol. The maximum Gasteiger partial charge on any atom is 0.335 e. The number of carboxylic acids is 1. The summed E-state index contributed by atoms with van der Waals surface area (Å²) in [5.74, 6) is -1.21. The number of halogens is 3. The van der Waals surface area contributed by atoms with Gasteiger partial charge in [-0.25, -0.2) is 27.9 Å². The number of aryl methyl sites for hydroxylation is 2. The molecular weight excluding hydrogens is 525 g/mol. The van der Waals surface area contributed by atoms with Gasteiger partial charge in [-0.15, -0.1) is 0 Å². The van der Waals surface area contributed by atoms with Crippen LogP contribution < -0.4 is 10.5 Å². The summed E-state index contributed by atoms with van der Waals surface area (Å²) in [6, 6.07) is 12.9. The molecule has 0 unspecified atom stereocenters. The zero-order valence-corrected chi connectivity index (χ0v) is 21.4. The molecule has 12 heteroatoms. The quantitative estimate of drug-likeness (QED) is 0.248. The summed E-state index contributed by atoms with van der Waals surface area (Å²) >= 11 is 0. The SMILES string of the molecule is CCn1c(COc2nc(N)nc(-c3ccc(F)cc3)c2-c2cc(C)nc(C(F)F)c2)nc2cc(C(=O)O)ccc21. The van der Waals surface area contributed by atoms with E-state index < -0.39 is 23.9 Å². The molecule has 5 rings (SSSR count). The molecule has 3 N–H and O–H groups in total. The number of benzene rings is 2. The van der Waals surface area contributed by atoms with Crippen LogP contribution in [-0.2, 0) is 13.2 Å². The number of imidazole rings is 1. The molecule has 0 aliphatic heterocycles. The van der Waals surface area contributed by atoms with Crippen LogP contribution >= 0.6 is 0 Å². The highest BCUT2D eigenvalue weighted by Gasteiger charge is 2.22. The topological polar surface area (TPSA) is 129 Å². The van der Waals surface area contributed by atoms with Crippen molar-refractivity contribution in [3.05, 3.63) is 83.2 Å². The summed E-state index contributed by atoms with van der Waals surface area (Å²) in [5.41, 5.74) is 8.50. The van der Waals surface area contributed by atoms with Gasteiger partial charge in [0.2, 0.25) is 11.8 Å². The van der Waals surface area contributed by atoms with E-state index in [0.717, 1.165) is 0 Å². The van der Waals surface area contributed by atoms with Gasteiger partial charge in [0, 0.05) is 17.8 Å². The molecule has 0 bridgehead atoms. The number of ether oxygens (including phenoxy) is 1. The number of fused-ring (bicyclic) bond motifs is 1. The molecule has 0 saturated heterocycles. The fourth-order valence-corrected chi connectivity index (χ4v) is 4.50. The van der Waals surface area contributed by atoms with Gasteiger partial charge in [0.1, 0.15) is 23.9 Å². The number of nitrogens with two attached hydrogens (primary N) is 1. The Morgan fingerprint density at radius 1 is 1.02 bits per heavy atom. The van der Waals surface area contributed by atoms with Crippen LogP contribution in [0.25, 0.3) is 33.4 Å². The fourth-order valence-electron chi connectivity index (χ4n) is 4.50. The third-order valence-electron chi connectivity index (χ3n) is 6.22. The van der Waals surface area contributed by atoms with Crippen LogP contribution in [0.4, 0.5) is 19.1 Å². The van der Waals surface area contributed by atoms with Crippen LogP contribution in [0.5, 0.6) is 5.88 Å². The molecule has 40 heavy (non-hydrogen) atoms. The minimum Gasteiger partial charge on any atom is -0.478 e. The molecule has 0 saturated carbocycles. The molecule has 3 heterocycles. The summed E-state index contributed by atoms with van der Waals surface area (Å²) < 4.78 is 49.0. The van der Waals surface area contributed by atoms with Gasteiger partial charge >= 0.3 is 5.97 Å². The maximum atomic E-state index is 13.7. The van der Waals surface area contributed by atoms with Gasteiger partial charge in [-0.1, -0.05) is 0 Å². The summed E-state index contributed by atoms with van der Waals surface area (Å²) in [7, 11) is 0. The van der Waals surface area contributed by atoms with E-state index in [1.807, 2.05) is 11.5 Å². The normalized spacial score (nSPS) is 11.3. The molecule has 0 amide bonds. The largest absolute Gasteiger partial charge is 0.478 e. The second kappa shape index (κ2) is 10.6. The van der Waals surface area contributed by atoms with E-state index in [9.17, 15) is 23.1 Å². The van der Waals surface area contributed by atoms with Gasteiger partial charge in [-0.3, -0.25) is 4.98 Å². The first-order valence-corrected chi connectivity index (χ1v) is 12.2. The number of nitrogens with zero attached hydrogens (tertiary/aromatic N) is 5. The van der Waals surface area contributed by atoms with Crippen LogP contribution in [0.1, 0.15) is 40.9 Å². The van der Waals surface area contributed by atoms with Crippen molar-refractivity contribution in [2.75, 3.05) is 5.73 Å². The Bertz CT molecular complexity index is 1740. The minimum absolute atomic E-state index is 0.00132. The number of hydrogen-bond donors (Lipinski definition) is 2. The number of nitrogen functional groups attached to an aromatic ring is 1. The predicted molar refractivity (Wildman–Crippen MR) is 141 cm³/mol. The Kier molecular flexibility index (Phi) is 7.07. The molecule has 3 aromatic heterocycles. The van der Waals surface area contributed by atoms with Gasteiger partial charge < -0.3 is 20.1 Å². The third kappa shape index (κ3) is 5.15. The summed E-state index contributed by atoms with van der Waals surface area (Å²) in [5, 5.41) is 9.35. The number of carboxylic acid groups (broad SMARTS) is 1. The Morgan fingerprint density at radius 3 is 2.45 bits per heavy atom. The second-order valence-electron chi connectivity index (χ2n) is 8.91. The van der Waals surface area contributed by atoms with Crippen molar-refractivity contribution in [3.63, 3.8) is 0 Å². The lowest BCUT2D eigenvalue weighted by Gasteiger charge is -2.17. The first-order valence-electron chi connectivity index (χ1n) is 12.2. The van der Waals surface area contributed by atoms with E-state index in [-0.39, 0.29) is 35.3 Å². The smallest absolute Gasteiger partial charge is 0.335 e. The van der Waals surface area contributed by atoms with Gasteiger partial charge in [-0.2, -0.15) is 4.98 Å². The van der Waals surface area contributed by atoms with Crippen molar-refractivity contribution in [1.29, 1.82) is 0 Å². The van der Waals surface area contributed by atoms with E-state index in [4.69, 9.17) is 10.5 Å². The van der Waals surface area contributed by atoms with E-state index in [1.54, 1.807) is 19.1 Å². The molecule has 0 spiro atoms. The van der Waals surface area contributed by atoms with Crippen LogP contribution in [0.15, 0.2) is 54.6 Å². The number of anilines is 1. The molecule has 2 aromatic carbocycles.